The number of aromatic nitrogens is 1. The molecule has 138 valence electrons. The molecule has 27 heavy (non-hydrogen) atoms. The van der Waals surface area contributed by atoms with Gasteiger partial charge in [-0.3, -0.25) is 14.6 Å². The van der Waals surface area contributed by atoms with E-state index in [9.17, 15) is 9.59 Å². The molecule has 2 amide bonds. The summed E-state index contributed by atoms with van der Waals surface area (Å²) in [5.41, 5.74) is 1.79. The zero-order valence-electron chi connectivity index (χ0n) is 15.1. The van der Waals surface area contributed by atoms with Crippen LogP contribution < -0.4 is 10.6 Å². The molecule has 0 radical (unpaired) electrons. The second kappa shape index (κ2) is 8.95. The molecule has 2 N–H and O–H groups in total. The van der Waals surface area contributed by atoms with Crippen molar-refractivity contribution in [2.75, 3.05) is 5.32 Å². The number of hydrogen-bond acceptors (Lipinski definition) is 4. The summed E-state index contributed by atoms with van der Waals surface area (Å²) in [6.07, 6.45) is 9.62. The first-order valence-corrected chi connectivity index (χ1v) is 9.23. The number of carbonyl (C=O) groups is 2. The van der Waals surface area contributed by atoms with Gasteiger partial charge in [-0.1, -0.05) is 25.7 Å². The van der Waals surface area contributed by atoms with Gasteiger partial charge in [0.05, 0.1) is 22.8 Å². The van der Waals surface area contributed by atoms with Crippen molar-refractivity contribution in [1.82, 2.24) is 10.3 Å². The third kappa shape index (κ3) is 5.14. The molecule has 0 aliphatic heterocycles. The summed E-state index contributed by atoms with van der Waals surface area (Å²) in [7, 11) is 0. The first-order chi connectivity index (χ1) is 13.2. The minimum atomic E-state index is -0.351. The third-order valence-electron chi connectivity index (χ3n) is 4.72. The number of nitriles is 1. The Balaban J connectivity index is 1.65. The normalized spacial score (nSPS) is 14.6. The van der Waals surface area contributed by atoms with Crippen molar-refractivity contribution < 1.29 is 9.59 Å². The van der Waals surface area contributed by atoms with E-state index in [0.29, 0.717) is 22.4 Å². The topological polar surface area (TPSA) is 94.9 Å². The molecular formula is C21H22N4O2. The molecule has 0 atom stereocenters. The summed E-state index contributed by atoms with van der Waals surface area (Å²) in [6.45, 7) is 0. The largest absolute Gasteiger partial charge is 0.349 e. The van der Waals surface area contributed by atoms with Crippen LogP contribution in [0, 0.1) is 11.3 Å². The van der Waals surface area contributed by atoms with Gasteiger partial charge in [-0.15, -0.1) is 0 Å². The number of amides is 2. The van der Waals surface area contributed by atoms with Crippen molar-refractivity contribution in [3.8, 4) is 6.07 Å². The number of anilines is 1. The highest BCUT2D eigenvalue weighted by atomic mass is 16.2. The maximum Gasteiger partial charge on any atom is 0.257 e. The highest BCUT2D eigenvalue weighted by Gasteiger charge is 2.17. The molecule has 0 bridgehead atoms. The molecule has 0 saturated heterocycles. The van der Waals surface area contributed by atoms with Crippen LogP contribution in [0.2, 0.25) is 0 Å². The smallest absolute Gasteiger partial charge is 0.257 e. The maximum atomic E-state index is 12.5. The standard InChI is InChI=1S/C21H22N4O2/c22-12-15-7-9-19(10-8-15)25-21(27)17-11-16(13-23-14-17)20(26)24-18-5-3-1-2-4-6-18/h7-11,13-14,18H,1-6H2,(H,24,26)(H,25,27). The number of nitrogens with zero attached hydrogens (tertiary/aromatic N) is 2. The second-order valence-electron chi connectivity index (χ2n) is 6.77. The van der Waals surface area contributed by atoms with Crippen molar-refractivity contribution >= 4 is 17.5 Å². The Morgan fingerprint density at radius 2 is 1.59 bits per heavy atom. The Kier molecular flexibility index (Phi) is 6.16. The highest BCUT2D eigenvalue weighted by Crippen LogP contribution is 2.18. The lowest BCUT2D eigenvalue weighted by Gasteiger charge is -2.16. The number of hydrogen-bond donors (Lipinski definition) is 2. The Morgan fingerprint density at radius 1 is 0.963 bits per heavy atom. The van der Waals surface area contributed by atoms with Crippen LogP contribution in [0.3, 0.4) is 0 Å². The number of benzene rings is 1. The van der Waals surface area contributed by atoms with E-state index < -0.39 is 0 Å². The summed E-state index contributed by atoms with van der Waals surface area (Å²) in [6, 6.07) is 10.4. The molecular weight excluding hydrogens is 340 g/mol. The van der Waals surface area contributed by atoms with E-state index in [2.05, 4.69) is 15.6 Å². The minimum absolute atomic E-state index is 0.191. The lowest BCUT2D eigenvalue weighted by atomic mass is 10.1. The Labute approximate surface area is 158 Å². The number of carbonyl (C=O) groups excluding carboxylic acids is 2. The first kappa shape index (κ1) is 18.6. The molecule has 1 saturated carbocycles. The molecule has 1 heterocycles. The number of rotatable bonds is 4. The van der Waals surface area contributed by atoms with Crippen LogP contribution >= 0.6 is 0 Å². The van der Waals surface area contributed by atoms with E-state index in [0.717, 1.165) is 25.7 Å². The van der Waals surface area contributed by atoms with Crippen LogP contribution in [0.15, 0.2) is 42.7 Å². The predicted octanol–water partition coefficient (Wildman–Crippen LogP) is 3.66. The van der Waals surface area contributed by atoms with Gasteiger partial charge in [0.1, 0.15) is 0 Å². The van der Waals surface area contributed by atoms with Crippen LogP contribution in [0.4, 0.5) is 5.69 Å². The molecule has 1 aromatic heterocycles. The predicted molar refractivity (Wildman–Crippen MR) is 102 cm³/mol. The van der Waals surface area contributed by atoms with E-state index in [1.807, 2.05) is 6.07 Å². The Hall–Kier alpha value is -3.20. The minimum Gasteiger partial charge on any atom is -0.349 e. The fraction of sp³-hybridized carbons (Fsp3) is 0.333. The molecule has 1 aromatic carbocycles. The second-order valence-corrected chi connectivity index (χ2v) is 6.77. The monoisotopic (exact) mass is 362 g/mol. The van der Waals surface area contributed by atoms with E-state index in [-0.39, 0.29) is 17.9 Å². The fourth-order valence-electron chi connectivity index (χ4n) is 3.21. The first-order valence-electron chi connectivity index (χ1n) is 9.23. The van der Waals surface area contributed by atoms with Crippen molar-refractivity contribution in [1.29, 1.82) is 5.26 Å². The molecule has 1 aliphatic carbocycles. The zero-order valence-corrected chi connectivity index (χ0v) is 15.1. The molecule has 1 aliphatic rings. The quantitative estimate of drug-likeness (QED) is 0.812. The molecule has 2 aromatic rings. The van der Waals surface area contributed by atoms with E-state index >= 15 is 0 Å². The summed E-state index contributed by atoms with van der Waals surface area (Å²) in [5.74, 6) is -0.543. The average molecular weight is 362 g/mol. The van der Waals surface area contributed by atoms with Crippen LogP contribution in [-0.2, 0) is 0 Å². The Bertz CT molecular complexity index is 847. The van der Waals surface area contributed by atoms with Gasteiger partial charge in [-0.25, -0.2) is 0 Å². The number of nitrogens with one attached hydrogen (secondary N) is 2. The fourth-order valence-corrected chi connectivity index (χ4v) is 3.21. The summed E-state index contributed by atoms with van der Waals surface area (Å²) in [5, 5.41) is 14.6. The highest BCUT2D eigenvalue weighted by molar-refractivity contribution is 6.05. The molecule has 0 spiro atoms. The molecule has 6 nitrogen and oxygen atoms in total. The van der Waals surface area contributed by atoms with Gasteiger partial charge in [0, 0.05) is 24.1 Å². The van der Waals surface area contributed by atoms with Crippen LogP contribution in [0.1, 0.15) is 64.8 Å². The van der Waals surface area contributed by atoms with Crippen LogP contribution in [-0.4, -0.2) is 22.8 Å². The summed E-state index contributed by atoms with van der Waals surface area (Å²) >= 11 is 0. The van der Waals surface area contributed by atoms with Gasteiger partial charge in [0.2, 0.25) is 0 Å². The van der Waals surface area contributed by atoms with Gasteiger partial charge in [-0.05, 0) is 43.2 Å². The van der Waals surface area contributed by atoms with Gasteiger partial charge in [0.25, 0.3) is 11.8 Å². The van der Waals surface area contributed by atoms with Gasteiger partial charge >= 0.3 is 0 Å². The third-order valence-corrected chi connectivity index (χ3v) is 4.72. The Morgan fingerprint density at radius 3 is 2.22 bits per heavy atom. The number of pyridine rings is 1. The van der Waals surface area contributed by atoms with Crippen molar-refractivity contribution in [2.24, 2.45) is 0 Å². The zero-order chi connectivity index (χ0) is 19.1. The lowest BCUT2D eigenvalue weighted by molar-refractivity contribution is 0.0933. The molecule has 6 heteroatoms. The van der Waals surface area contributed by atoms with Gasteiger partial charge in [0.15, 0.2) is 0 Å². The van der Waals surface area contributed by atoms with Gasteiger partial charge < -0.3 is 10.6 Å². The van der Waals surface area contributed by atoms with Crippen molar-refractivity contribution in [2.45, 2.75) is 44.6 Å². The molecule has 3 rings (SSSR count). The van der Waals surface area contributed by atoms with E-state index in [1.54, 1.807) is 30.3 Å². The van der Waals surface area contributed by atoms with Crippen molar-refractivity contribution in [3.63, 3.8) is 0 Å². The van der Waals surface area contributed by atoms with Crippen LogP contribution in [0.25, 0.3) is 0 Å². The van der Waals surface area contributed by atoms with Gasteiger partial charge in [-0.2, -0.15) is 5.26 Å². The summed E-state index contributed by atoms with van der Waals surface area (Å²) < 4.78 is 0. The van der Waals surface area contributed by atoms with Crippen molar-refractivity contribution in [3.05, 3.63) is 59.4 Å². The maximum absolute atomic E-state index is 12.5. The van der Waals surface area contributed by atoms with E-state index in [4.69, 9.17) is 5.26 Å². The SMILES string of the molecule is N#Cc1ccc(NC(=O)c2cncc(C(=O)NC3CCCCCC3)c2)cc1. The lowest BCUT2D eigenvalue weighted by Crippen LogP contribution is -2.34. The average Bonchev–Trinajstić information content (AvgIpc) is 2.97. The molecule has 1 fully saturated rings. The summed E-state index contributed by atoms with van der Waals surface area (Å²) in [4.78, 5) is 29.0. The van der Waals surface area contributed by atoms with E-state index in [1.165, 1.54) is 25.2 Å². The molecule has 0 unspecified atom stereocenters. The van der Waals surface area contributed by atoms with Crippen LogP contribution in [0.5, 0.6) is 0 Å².